The smallest absolute Gasteiger partial charge is 0.317 e. The van der Waals surface area contributed by atoms with Gasteiger partial charge in [0.15, 0.2) is 0 Å². The molecule has 0 saturated carbocycles. The number of anilines is 1. The highest BCUT2D eigenvalue weighted by Crippen LogP contribution is 2.29. The molecule has 36 heavy (non-hydrogen) atoms. The summed E-state index contributed by atoms with van der Waals surface area (Å²) in [6, 6.07) is 27.1. The summed E-state index contributed by atoms with van der Waals surface area (Å²) >= 11 is 0. The van der Waals surface area contributed by atoms with E-state index in [0.29, 0.717) is 26.1 Å². The van der Waals surface area contributed by atoms with Gasteiger partial charge >= 0.3 is 6.03 Å². The molecule has 3 aromatic carbocycles. The minimum absolute atomic E-state index is 0.0573. The van der Waals surface area contributed by atoms with Gasteiger partial charge in [-0.25, -0.2) is 4.79 Å². The molecule has 3 amide bonds. The quantitative estimate of drug-likeness (QED) is 0.582. The first-order valence-corrected chi connectivity index (χ1v) is 12.8. The van der Waals surface area contributed by atoms with Gasteiger partial charge in [-0.05, 0) is 48.2 Å². The van der Waals surface area contributed by atoms with E-state index in [-0.39, 0.29) is 24.0 Å². The molecule has 0 bridgehead atoms. The fraction of sp³-hybridized carbons (Fsp3) is 0.333. The van der Waals surface area contributed by atoms with Gasteiger partial charge in [-0.2, -0.15) is 0 Å². The summed E-state index contributed by atoms with van der Waals surface area (Å²) in [5, 5.41) is 3.12. The van der Waals surface area contributed by atoms with Gasteiger partial charge in [-0.3, -0.25) is 9.69 Å². The number of aryl methyl sites for hydroxylation is 2. The first kappa shape index (κ1) is 24.1. The number of nitrogens with zero attached hydrogens (tertiary/aromatic N) is 3. The third-order valence-corrected chi connectivity index (χ3v) is 7.45. The van der Waals surface area contributed by atoms with Crippen LogP contribution in [-0.2, 0) is 4.79 Å². The van der Waals surface area contributed by atoms with Crippen molar-refractivity contribution in [1.82, 2.24) is 15.1 Å². The van der Waals surface area contributed by atoms with Crippen molar-refractivity contribution in [3.8, 4) is 0 Å². The molecule has 2 fully saturated rings. The number of hydrogen-bond acceptors (Lipinski definition) is 3. The summed E-state index contributed by atoms with van der Waals surface area (Å²) in [6.07, 6.45) is 0.336. The number of rotatable bonds is 5. The summed E-state index contributed by atoms with van der Waals surface area (Å²) in [7, 11) is 0. The number of carbonyl (C=O) groups is 2. The van der Waals surface area contributed by atoms with Gasteiger partial charge in [0.2, 0.25) is 5.91 Å². The number of nitrogens with one attached hydrogen (secondary N) is 1. The maximum atomic E-state index is 13.1. The van der Waals surface area contributed by atoms with Crippen LogP contribution in [-0.4, -0.2) is 60.5 Å². The lowest BCUT2D eigenvalue weighted by Crippen LogP contribution is -2.54. The molecule has 1 unspecified atom stereocenters. The van der Waals surface area contributed by atoms with E-state index < -0.39 is 0 Å². The Morgan fingerprint density at radius 1 is 0.833 bits per heavy atom. The standard InChI is InChI=1S/C30H34N4O2/c1-22-13-14-27(19-23(22)2)34-21-26(20-28(34)35)31-30(36)33-17-15-32(16-18-33)29(24-9-5-3-6-10-24)25-11-7-4-8-12-25/h3-14,19,26,29H,15-18,20-21H2,1-2H3,(H,31,36). The van der Waals surface area contributed by atoms with Gasteiger partial charge in [0.25, 0.3) is 0 Å². The Kier molecular flexibility index (Phi) is 7.05. The molecule has 5 rings (SSSR count). The van der Waals surface area contributed by atoms with Crippen LogP contribution >= 0.6 is 0 Å². The van der Waals surface area contributed by atoms with Crippen LogP contribution in [0.3, 0.4) is 0 Å². The van der Waals surface area contributed by atoms with Crippen LogP contribution in [0.1, 0.15) is 34.7 Å². The van der Waals surface area contributed by atoms with Crippen LogP contribution in [0, 0.1) is 13.8 Å². The van der Waals surface area contributed by atoms with Gasteiger partial charge in [0.1, 0.15) is 0 Å². The van der Waals surface area contributed by atoms with Crippen LogP contribution in [0.4, 0.5) is 10.5 Å². The van der Waals surface area contributed by atoms with E-state index in [2.05, 4.69) is 72.6 Å². The first-order chi connectivity index (χ1) is 17.5. The van der Waals surface area contributed by atoms with Crippen LogP contribution < -0.4 is 10.2 Å². The Morgan fingerprint density at radius 2 is 1.44 bits per heavy atom. The molecule has 3 aromatic rings. The predicted octanol–water partition coefficient (Wildman–Crippen LogP) is 4.53. The van der Waals surface area contributed by atoms with Gasteiger partial charge < -0.3 is 15.1 Å². The molecule has 0 aliphatic carbocycles. The molecule has 1 N–H and O–H groups in total. The number of carbonyl (C=O) groups excluding carboxylic acids is 2. The van der Waals surface area contributed by atoms with Gasteiger partial charge in [-0.15, -0.1) is 0 Å². The summed E-state index contributed by atoms with van der Waals surface area (Å²) in [4.78, 5) is 31.9. The van der Waals surface area contributed by atoms with E-state index in [9.17, 15) is 9.59 Å². The zero-order chi connectivity index (χ0) is 25.1. The maximum absolute atomic E-state index is 13.1. The number of benzene rings is 3. The summed E-state index contributed by atoms with van der Waals surface area (Å²) in [6.45, 7) is 7.53. The molecule has 2 heterocycles. The predicted molar refractivity (Wildman–Crippen MR) is 143 cm³/mol. The second-order valence-corrected chi connectivity index (χ2v) is 9.87. The number of piperazine rings is 1. The summed E-state index contributed by atoms with van der Waals surface area (Å²) in [5.41, 5.74) is 5.79. The molecule has 1 atom stereocenters. The summed E-state index contributed by atoms with van der Waals surface area (Å²) < 4.78 is 0. The van der Waals surface area contributed by atoms with Crippen LogP contribution in [0.25, 0.3) is 0 Å². The van der Waals surface area contributed by atoms with Gasteiger partial charge in [0, 0.05) is 44.8 Å². The van der Waals surface area contributed by atoms with Crippen molar-refractivity contribution >= 4 is 17.6 Å². The Labute approximate surface area is 213 Å². The van der Waals surface area contributed by atoms with E-state index in [4.69, 9.17) is 0 Å². The van der Waals surface area contributed by atoms with Crippen molar-refractivity contribution in [3.63, 3.8) is 0 Å². The lowest BCUT2D eigenvalue weighted by molar-refractivity contribution is -0.117. The second-order valence-electron chi connectivity index (χ2n) is 9.87. The molecule has 6 heteroatoms. The zero-order valence-corrected chi connectivity index (χ0v) is 21.1. The van der Waals surface area contributed by atoms with Crippen molar-refractivity contribution in [1.29, 1.82) is 0 Å². The fourth-order valence-corrected chi connectivity index (χ4v) is 5.28. The van der Waals surface area contributed by atoms with Crippen LogP contribution in [0.15, 0.2) is 78.9 Å². The minimum Gasteiger partial charge on any atom is -0.333 e. The molecule has 0 radical (unpaired) electrons. The zero-order valence-electron chi connectivity index (χ0n) is 21.1. The Morgan fingerprint density at radius 3 is 2.03 bits per heavy atom. The summed E-state index contributed by atoms with van der Waals surface area (Å²) in [5.74, 6) is 0.0573. The first-order valence-electron chi connectivity index (χ1n) is 12.8. The van der Waals surface area contributed by atoms with E-state index in [1.807, 2.05) is 35.2 Å². The number of urea groups is 1. The Hall–Kier alpha value is -3.64. The van der Waals surface area contributed by atoms with E-state index in [0.717, 1.165) is 24.3 Å². The molecule has 186 valence electrons. The lowest BCUT2D eigenvalue weighted by atomic mass is 9.96. The average Bonchev–Trinajstić information content (AvgIpc) is 3.27. The molecule has 0 aromatic heterocycles. The molecule has 0 spiro atoms. The van der Waals surface area contributed by atoms with Crippen molar-refractivity contribution in [2.75, 3.05) is 37.6 Å². The van der Waals surface area contributed by atoms with Crippen molar-refractivity contribution in [3.05, 3.63) is 101 Å². The number of amides is 3. The highest BCUT2D eigenvalue weighted by molar-refractivity contribution is 5.97. The van der Waals surface area contributed by atoms with Gasteiger partial charge in [-0.1, -0.05) is 66.7 Å². The third-order valence-electron chi connectivity index (χ3n) is 7.45. The molecular formula is C30H34N4O2. The highest BCUT2D eigenvalue weighted by Gasteiger charge is 2.34. The van der Waals surface area contributed by atoms with Crippen LogP contribution in [0.2, 0.25) is 0 Å². The van der Waals surface area contributed by atoms with Crippen molar-refractivity contribution < 1.29 is 9.59 Å². The normalized spacial score (nSPS) is 18.6. The third kappa shape index (κ3) is 5.14. The largest absolute Gasteiger partial charge is 0.333 e. The van der Waals surface area contributed by atoms with Crippen LogP contribution in [0.5, 0.6) is 0 Å². The molecular weight excluding hydrogens is 448 g/mol. The van der Waals surface area contributed by atoms with E-state index in [1.165, 1.54) is 16.7 Å². The highest BCUT2D eigenvalue weighted by atomic mass is 16.2. The molecule has 2 aliphatic heterocycles. The lowest BCUT2D eigenvalue weighted by Gasteiger charge is -2.40. The average molecular weight is 483 g/mol. The molecule has 6 nitrogen and oxygen atoms in total. The topological polar surface area (TPSA) is 55.9 Å². The van der Waals surface area contributed by atoms with Crippen molar-refractivity contribution in [2.24, 2.45) is 0 Å². The molecule has 2 saturated heterocycles. The van der Waals surface area contributed by atoms with E-state index in [1.54, 1.807) is 4.90 Å². The Bertz CT molecular complexity index is 1170. The maximum Gasteiger partial charge on any atom is 0.317 e. The second kappa shape index (κ2) is 10.5. The van der Waals surface area contributed by atoms with E-state index >= 15 is 0 Å². The fourth-order valence-electron chi connectivity index (χ4n) is 5.28. The monoisotopic (exact) mass is 482 g/mol. The minimum atomic E-state index is -0.175. The molecule has 2 aliphatic rings. The number of hydrogen-bond donors (Lipinski definition) is 1. The SMILES string of the molecule is Cc1ccc(N2CC(NC(=O)N3CCN(C(c4ccccc4)c4ccccc4)CC3)CC2=O)cc1C. The Balaban J connectivity index is 1.20. The van der Waals surface area contributed by atoms with Crippen molar-refractivity contribution in [2.45, 2.75) is 32.4 Å². The van der Waals surface area contributed by atoms with Gasteiger partial charge in [0.05, 0.1) is 12.1 Å².